The van der Waals surface area contributed by atoms with Crippen molar-refractivity contribution in [1.82, 2.24) is 15.5 Å². The molecular weight excluding hydrogens is 518 g/mol. The largest absolute Gasteiger partial charge is 0.372 e. The summed E-state index contributed by atoms with van der Waals surface area (Å²) in [6.45, 7) is 0.455. The number of likely N-dealkylation sites (tertiary alicyclic amines) is 1. The van der Waals surface area contributed by atoms with Crippen LogP contribution in [0.5, 0.6) is 0 Å². The molecule has 1 saturated carbocycles. The number of nitrogens with one attached hydrogen (secondary N) is 2. The van der Waals surface area contributed by atoms with Crippen LogP contribution in [0.4, 0.5) is 8.78 Å². The monoisotopic (exact) mass is 548 g/mol. The number of aliphatic hydroxyl groups is 1. The van der Waals surface area contributed by atoms with Crippen molar-refractivity contribution in [2.75, 3.05) is 13.1 Å². The number of hydrogen-bond donors (Lipinski definition) is 3. The van der Waals surface area contributed by atoms with Gasteiger partial charge in [0.2, 0.25) is 17.7 Å². The number of halogens is 2. The van der Waals surface area contributed by atoms with Gasteiger partial charge in [-0.3, -0.25) is 14.4 Å². The fraction of sp³-hybridized carbons (Fsp3) is 0.467. The van der Waals surface area contributed by atoms with Crippen molar-refractivity contribution >= 4 is 17.7 Å². The molecule has 3 N–H and O–H groups in total. The Hall–Kier alpha value is -3.84. The lowest BCUT2D eigenvalue weighted by atomic mass is 9.88. The van der Waals surface area contributed by atoms with E-state index in [0.717, 1.165) is 6.42 Å². The standard InChI is InChI=1S/C30H30F2N4O4/c31-29(32)13-18-16-36(28(39)30(40)23-9-3-1-7-20(23)21-8-2-4-10-24(21)30)25(22(18)14-29)27(38)35-19(15-33)12-17-6-5-11-34-26(17)37/h1-4,7-10,17-19,22,25,40H,5-6,11-14,16H2,(H,34,37)(H,35,38)/t17-,18-,19+,22-,25-/m0/s1. The van der Waals surface area contributed by atoms with E-state index in [2.05, 4.69) is 10.6 Å². The SMILES string of the molecule is N#C[C@@H](C[C@@H]1CCCNC1=O)NC(=O)[C@@H]1[C@H]2CC(F)(F)C[C@H]2CN1C(=O)C1(O)c2ccccc2-c2ccccc21. The van der Waals surface area contributed by atoms with Crippen LogP contribution < -0.4 is 10.6 Å². The lowest BCUT2D eigenvalue weighted by Gasteiger charge is -2.35. The molecule has 8 nitrogen and oxygen atoms in total. The minimum Gasteiger partial charge on any atom is -0.372 e. The molecule has 0 spiro atoms. The summed E-state index contributed by atoms with van der Waals surface area (Å²) in [5.41, 5.74) is 0.0380. The molecule has 2 aliphatic heterocycles. The molecule has 2 heterocycles. The molecule has 0 unspecified atom stereocenters. The van der Waals surface area contributed by atoms with Gasteiger partial charge in [0.1, 0.15) is 12.1 Å². The van der Waals surface area contributed by atoms with E-state index < -0.39 is 66.0 Å². The van der Waals surface area contributed by atoms with E-state index in [1.807, 2.05) is 18.2 Å². The summed E-state index contributed by atoms with van der Waals surface area (Å²) in [6.07, 6.45) is 0.405. The van der Waals surface area contributed by atoms with Gasteiger partial charge in [0.15, 0.2) is 5.60 Å². The molecule has 2 aromatic rings. The van der Waals surface area contributed by atoms with E-state index in [1.165, 1.54) is 4.90 Å². The number of nitrogens with zero attached hydrogens (tertiary/aromatic N) is 2. The molecule has 0 bridgehead atoms. The zero-order valence-electron chi connectivity index (χ0n) is 21.8. The Labute approximate surface area is 230 Å². The summed E-state index contributed by atoms with van der Waals surface area (Å²) in [4.78, 5) is 41.5. The summed E-state index contributed by atoms with van der Waals surface area (Å²) in [6, 6.07) is 13.7. The molecule has 2 saturated heterocycles. The first-order chi connectivity index (χ1) is 19.1. The van der Waals surface area contributed by atoms with E-state index >= 15 is 0 Å². The number of carbonyl (C=O) groups is 3. The lowest BCUT2D eigenvalue weighted by Crippen LogP contribution is -2.56. The topological polar surface area (TPSA) is 123 Å². The Balaban J connectivity index is 1.32. The summed E-state index contributed by atoms with van der Waals surface area (Å²) < 4.78 is 29.0. The van der Waals surface area contributed by atoms with Crippen molar-refractivity contribution in [3.8, 4) is 17.2 Å². The van der Waals surface area contributed by atoms with Gasteiger partial charge in [0, 0.05) is 43.0 Å². The number of rotatable bonds is 5. The first-order valence-electron chi connectivity index (χ1n) is 13.7. The third kappa shape index (κ3) is 4.15. The molecule has 3 fully saturated rings. The van der Waals surface area contributed by atoms with Crippen LogP contribution in [0.25, 0.3) is 11.1 Å². The van der Waals surface area contributed by atoms with Gasteiger partial charge < -0.3 is 20.6 Å². The van der Waals surface area contributed by atoms with Crippen LogP contribution in [0.1, 0.15) is 43.2 Å². The average Bonchev–Trinajstić information content (AvgIpc) is 3.53. The third-order valence-corrected chi connectivity index (χ3v) is 9.03. The number of hydrogen-bond acceptors (Lipinski definition) is 5. The molecule has 3 amide bonds. The van der Waals surface area contributed by atoms with E-state index in [1.54, 1.807) is 36.4 Å². The zero-order chi connectivity index (χ0) is 28.2. The summed E-state index contributed by atoms with van der Waals surface area (Å²) in [5.74, 6) is -6.53. The van der Waals surface area contributed by atoms with Gasteiger partial charge in [-0.15, -0.1) is 0 Å². The molecule has 6 rings (SSSR count). The number of amides is 3. The first-order valence-corrected chi connectivity index (χ1v) is 13.7. The van der Waals surface area contributed by atoms with Gasteiger partial charge in [0.05, 0.1) is 6.07 Å². The quantitative estimate of drug-likeness (QED) is 0.531. The number of carbonyl (C=O) groups excluding carboxylic acids is 3. The minimum atomic E-state index is -2.97. The maximum atomic E-state index is 14.5. The Morgan fingerprint density at radius 1 is 1.12 bits per heavy atom. The molecule has 208 valence electrons. The maximum absolute atomic E-state index is 14.5. The molecule has 5 atom stereocenters. The highest BCUT2D eigenvalue weighted by Crippen LogP contribution is 2.53. The number of piperidine rings is 1. The second-order valence-corrected chi connectivity index (χ2v) is 11.4. The number of alkyl halides is 2. The first kappa shape index (κ1) is 26.4. The Kier molecular flexibility index (Phi) is 6.37. The average molecular weight is 549 g/mol. The Morgan fingerprint density at radius 3 is 2.40 bits per heavy atom. The molecule has 40 heavy (non-hydrogen) atoms. The van der Waals surface area contributed by atoms with Crippen LogP contribution >= 0.6 is 0 Å². The van der Waals surface area contributed by atoms with E-state index in [4.69, 9.17) is 0 Å². The van der Waals surface area contributed by atoms with Crippen molar-refractivity contribution in [1.29, 1.82) is 5.26 Å². The molecule has 4 aliphatic rings. The second kappa shape index (κ2) is 9.66. The zero-order valence-corrected chi connectivity index (χ0v) is 21.8. The normalized spacial score (nSPS) is 28.1. The highest BCUT2D eigenvalue weighted by molar-refractivity contribution is 6.01. The van der Waals surface area contributed by atoms with Crippen molar-refractivity contribution in [2.24, 2.45) is 17.8 Å². The molecule has 2 aromatic carbocycles. The fourth-order valence-corrected chi connectivity index (χ4v) is 7.24. The Bertz CT molecular complexity index is 1380. The fourth-order valence-electron chi connectivity index (χ4n) is 7.24. The summed E-state index contributed by atoms with van der Waals surface area (Å²) in [7, 11) is 0. The van der Waals surface area contributed by atoms with Gasteiger partial charge in [-0.25, -0.2) is 8.78 Å². The smallest absolute Gasteiger partial charge is 0.264 e. The van der Waals surface area contributed by atoms with Crippen molar-refractivity contribution < 1.29 is 28.3 Å². The third-order valence-electron chi connectivity index (χ3n) is 9.03. The van der Waals surface area contributed by atoms with Crippen LogP contribution in [-0.4, -0.2) is 58.8 Å². The molecule has 0 radical (unpaired) electrons. The number of benzene rings is 2. The maximum Gasteiger partial charge on any atom is 0.264 e. The molecule has 10 heteroatoms. The van der Waals surface area contributed by atoms with Crippen molar-refractivity contribution in [3.05, 3.63) is 59.7 Å². The van der Waals surface area contributed by atoms with Gasteiger partial charge in [-0.2, -0.15) is 5.26 Å². The van der Waals surface area contributed by atoms with Crippen molar-refractivity contribution in [2.45, 2.75) is 55.7 Å². The Morgan fingerprint density at radius 2 is 1.77 bits per heavy atom. The predicted molar refractivity (Wildman–Crippen MR) is 139 cm³/mol. The number of fused-ring (bicyclic) bond motifs is 4. The van der Waals surface area contributed by atoms with E-state index in [9.17, 15) is 33.5 Å². The van der Waals surface area contributed by atoms with Crippen LogP contribution in [0.15, 0.2) is 48.5 Å². The second-order valence-electron chi connectivity index (χ2n) is 11.4. The van der Waals surface area contributed by atoms with Gasteiger partial charge in [-0.1, -0.05) is 48.5 Å². The van der Waals surface area contributed by atoms with Crippen LogP contribution in [0, 0.1) is 29.1 Å². The summed E-state index contributed by atoms with van der Waals surface area (Å²) in [5, 5.41) is 27.3. The molecular formula is C30H30F2N4O4. The minimum absolute atomic E-state index is 0.0870. The predicted octanol–water partition coefficient (Wildman–Crippen LogP) is 2.70. The van der Waals surface area contributed by atoms with Gasteiger partial charge >= 0.3 is 0 Å². The lowest BCUT2D eigenvalue weighted by molar-refractivity contribution is -0.153. The number of nitriles is 1. The van der Waals surface area contributed by atoms with E-state index in [-0.39, 0.29) is 18.9 Å². The van der Waals surface area contributed by atoms with Gasteiger partial charge in [-0.05, 0) is 42.2 Å². The van der Waals surface area contributed by atoms with E-state index in [0.29, 0.717) is 35.2 Å². The van der Waals surface area contributed by atoms with Crippen LogP contribution in [0.2, 0.25) is 0 Å². The summed E-state index contributed by atoms with van der Waals surface area (Å²) >= 11 is 0. The van der Waals surface area contributed by atoms with Crippen LogP contribution in [0.3, 0.4) is 0 Å². The van der Waals surface area contributed by atoms with Crippen molar-refractivity contribution in [3.63, 3.8) is 0 Å². The van der Waals surface area contributed by atoms with Gasteiger partial charge in [0.25, 0.3) is 5.91 Å². The molecule has 0 aromatic heterocycles. The highest BCUT2D eigenvalue weighted by Gasteiger charge is 2.61. The van der Waals surface area contributed by atoms with Crippen LogP contribution in [-0.2, 0) is 20.0 Å². The molecule has 2 aliphatic carbocycles. The highest BCUT2D eigenvalue weighted by atomic mass is 19.3.